The molecular formula is C16H13ClFN3S. The van der Waals surface area contributed by atoms with Crippen molar-refractivity contribution in [3.05, 3.63) is 75.5 Å². The van der Waals surface area contributed by atoms with Crippen LogP contribution in [0.2, 0.25) is 5.02 Å². The van der Waals surface area contributed by atoms with Crippen LogP contribution in [0.4, 0.5) is 4.39 Å². The normalized spacial score (nSPS) is 10.8. The summed E-state index contributed by atoms with van der Waals surface area (Å²) in [6.45, 7) is 0. The zero-order chi connectivity index (χ0) is 15.5. The number of aromatic nitrogens is 3. The lowest BCUT2D eigenvalue weighted by Gasteiger charge is -2.08. The maximum Gasteiger partial charge on any atom is 0.199 e. The van der Waals surface area contributed by atoms with Crippen molar-refractivity contribution in [2.45, 2.75) is 12.8 Å². The summed E-state index contributed by atoms with van der Waals surface area (Å²) in [5, 5.41) is 7.12. The summed E-state index contributed by atoms with van der Waals surface area (Å²) in [5.74, 6) is 0.336. The largest absolute Gasteiger partial charge is 0.272 e. The van der Waals surface area contributed by atoms with Gasteiger partial charge in [0.2, 0.25) is 0 Å². The van der Waals surface area contributed by atoms with Gasteiger partial charge in [-0.05, 0) is 42.4 Å². The fraction of sp³-hybridized carbons (Fsp3) is 0.125. The van der Waals surface area contributed by atoms with Gasteiger partial charge in [0.05, 0.1) is 10.7 Å². The molecule has 22 heavy (non-hydrogen) atoms. The van der Waals surface area contributed by atoms with E-state index in [0.717, 1.165) is 12.2 Å². The summed E-state index contributed by atoms with van der Waals surface area (Å²) in [6, 6.07) is 14.7. The lowest BCUT2D eigenvalue weighted by molar-refractivity contribution is 0.627. The average Bonchev–Trinajstić information content (AvgIpc) is 2.90. The second-order valence-corrected chi connectivity index (χ2v) is 5.66. The Bertz CT molecular complexity index is 842. The lowest BCUT2D eigenvalue weighted by atomic mass is 10.1. The SMILES string of the molecule is Fc1ccc(-n2c(CCc3ccccc3)n[nH]c2=S)cc1Cl. The molecule has 112 valence electrons. The summed E-state index contributed by atoms with van der Waals surface area (Å²) >= 11 is 11.1. The van der Waals surface area contributed by atoms with Crippen molar-refractivity contribution in [3.63, 3.8) is 0 Å². The Morgan fingerprint density at radius 3 is 2.64 bits per heavy atom. The Hall–Kier alpha value is -1.98. The maximum atomic E-state index is 13.3. The molecule has 0 saturated carbocycles. The fourth-order valence-corrected chi connectivity index (χ4v) is 2.72. The summed E-state index contributed by atoms with van der Waals surface area (Å²) in [4.78, 5) is 0. The molecule has 3 aromatic rings. The van der Waals surface area contributed by atoms with Gasteiger partial charge in [-0.1, -0.05) is 41.9 Å². The minimum Gasteiger partial charge on any atom is -0.272 e. The molecule has 0 atom stereocenters. The van der Waals surface area contributed by atoms with E-state index in [4.69, 9.17) is 23.8 Å². The zero-order valence-corrected chi connectivity index (χ0v) is 13.2. The van der Waals surface area contributed by atoms with Crippen molar-refractivity contribution >= 4 is 23.8 Å². The van der Waals surface area contributed by atoms with Crippen LogP contribution in [0.1, 0.15) is 11.4 Å². The van der Waals surface area contributed by atoms with Crippen LogP contribution < -0.4 is 0 Å². The molecule has 0 fully saturated rings. The van der Waals surface area contributed by atoms with E-state index in [-0.39, 0.29) is 5.02 Å². The highest BCUT2D eigenvalue weighted by atomic mass is 35.5. The van der Waals surface area contributed by atoms with Crippen LogP contribution in [-0.2, 0) is 12.8 Å². The van der Waals surface area contributed by atoms with E-state index in [1.165, 1.54) is 11.6 Å². The number of aryl methyl sites for hydroxylation is 2. The van der Waals surface area contributed by atoms with Gasteiger partial charge in [0.25, 0.3) is 0 Å². The van der Waals surface area contributed by atoms with E-state index in [1.54, 1.807) is 16.7 Å². The Labute approximate surface area is 137 Å². The highest BCUT2D eigenvalue weighted by Crippen LogP contribution is 2.20. The van der Waals surface area contributed by atoms with Crippen LogP contribution in [0.5, 0.6) is 0 Å². The van der Waals surface area contributed by atoms with Gasteiger partial charge >= 0.3 is 0 Å². The van der Waals surface area contributed by atoms with Crippen LogP contribution in [0, 0.1) is 10.6 Å². The van der Waals surface area contributed by atoms with Crippen LogP contribution in [0.15, 0.2) is 48.5 Å². The molecule has 3 rings (SSSR count). The number of H-pyrrole nitrogens is 1. The summed E-state index contributed by atoms with van der Waals surface area (Å²) < 4.78 is 15.6. The topological polar surface area (TPSA) is 33.6 Å². The highest BCUT2D eigenvalue weighted by molar-refractivity contribution is 7.71. The second-order valence-electron chi connectivity index (χ2n) is 4.86. The number of aromatic amines is 1. The average molecular weight is 334 g/mol. The number of nitrogens with zero attached hydrogens (tertiary/aromatic N) is 2. The molecule has 2 aromatic carbocycles. The van der Waals surface area contributed by atoms with Crippen molar-refractivity contribution in [1.82, 2.24) is 14.8 Å². The fourth-order valence-electron chi connectivity index (χ4n) is 2.29. The molecule has 0 bridgehead atoms. The predicted octanol–water partition coefficient (Wildman–Crippen LogP) is 4.51. The number of hydrogen-bond acceptors (Lipinski definition) is 2. The molecule has 0 aliphatic carbocycles. The Kier molecular flexibility index (Phi) is 4.36. The van der Waals surface area contributed by atoms with Crippen LogP contribution in [0.25, 0.3) is 5.69 Å². The molecule has 1 heterocycles. The van der Waals surface area contributed by atoms with Gasteiger partial charge in [0.15, 0.2) is 4.77 Å². The molecule has 0 radical (unpaired) electrons. The first kappa shape index (κ1) is 14.9. The number of benzene rings is 2. The van der Waals surface area contributed by atoms with Crippen molar-refractivity contribution in [2.75, 3.05) is 0 Å². The minimum atomic E-state index is -0.453. The van der Waals surface area contributed by atoms with E-state index in [2.05, 4.69) is 22.3 Å². The molecule has 1 N–H and O–H groups in total. The summed E-state index contributed by atoms with van der Waals surface area (Å²) in [5.41, 5.74) is 1.92. The van der Waals surface area contributed by atoms with Gasteiger partial charge in [-0.2, -0.15) is 5.10 Å². The molecule has 0 unspecified atom stereocenters. The summed E-state index contributed by atoms with van der Waals surface area (Å²) in [6.07, 6.45) is 1.56. The molecule has 0 spiro atoms. The van der Waals surface area contributed by atoms with Gasteiger partial charge in [-0.3, -0.25) is 9.67 Å². The number of halogens is 2. The molecule has 1 aromatic heterocycles. The molecule has 0 aliphatic heterocycles. The Morgan fingerprint density at radius 1 is 1.14 bits per heavy atom. The molecule has 0 aliphatic rings. The first-order valence-electron chi connectivity index (χ1n) is 6.81. The van der Waals surface area contributed by atoms with E-state index >= 15 is 0 Å². The third-order valence-corrected chi connectivity index (χ3v) is 3.95. The minimum absolute atomic E-state index is 0.0645. The molecule has 3 nitrogen and oxygen atoms in total. The second kappa shape index (κ2) is 6.42. The number of hydrogen-bond donors (Lipinski definition) is 1. The first-order chi connectivity index (χ1) is 10.6. The smallest absolute Gasteiger partial charge is 0.199 e. The van der Waals surface area contributed by atoms with E-state index in [1.807, 2.05) is 18.2 Å². The van der Waals surface area contributed by atoms with Crippen LogP contribution in [-0.4, -0.2) is 14.8 Å². The molecule has 0 amide bonds. The maximum absolute atomic E-state index is 13.3. The molecule has 0 saturated heterocycles. The zero-order valence-electron chi connectivity index (χ0n) is 11.6. The Balaban J connectivity index is 1.90. The van der Waals surface area contributed by atoms with Gasteiger partial charge in [-0.25, -0.2) is 4.39 Å². The lowest BCUT2D eigenvalue weighted by Crippen LogP contribution is -2.03. The van der Waals surface area contributed by atoms with Crippen molar-refractivity contribution < 1.29 is 4.39 Å². The standard InChI is InChI=1S/C16H13ClFN3S/c17-13-10-12(7-8-14(13)18)21-15(19-20-16(21)22)9-6-11-4-2-1-3-5-11/h1-5,7-8,10H,6,9H2,(H,20,22). The van der Waals surface area contributed by atoms with E-state index in [0.29, 0.717) is 16.9 Å². The number of rotatable bonds is 4. The quantitative estimate of drug-likeness (QED) is 0.713. The highest BCUT2D eigenvalue weighted by Gasteiger charge is 2.10. The van der Waals surface area contributed by atoms with E-state index in [9.17, 15) is 4.39 Å². The summed E-state index contributed by atoms with van der Waals surface area (Å²) in [7, 11) is 0. The third-order valence-electron chi connectivity index (χ3n) is 3.38. The Morgan fingerprint density at radius 2 is 1.91 bits per heavy atom. The van der Waals surface area contributed by atoms with Gasteiger partial charge in [-0.15, -0.1) is 0 Å². The molecule has 6 heteroatoms. The van der Waals surface area contributed by atoms with Crippen LogP contribution >= 0.6 is 23.8 Å². The van der Waals surface area contributed by atoms with E-state index < -0.39 is 5.82 Å². The van der Waals surface area contributed by atoms with Crippen LogP contribution in [0.3, 0.4) is 0 Å². The van der Waals surface area contributed by atoms with Gasteiger partial charge in [0, 0.05) is 6.42 Å². The van der Waals surface area contributed by atoms with Gasteiger partial charge < -0.3 is 0 Å². The van der Waals surface area contributed by atoms with Crippen molar-refractivity contribution in [1.29, 1.82) is 0 Å². The van der Waals surface area contributed by atoms with Gasteiger partial charge in [0.1, 0.15) is 11.6 Å². The predicted molar refractivity (Wildman–Crippen MR) is 87.6 cm³/mol. The van der Waals surface area contributed by atoms with Crippen molar-refractivity contribution in [2.24, 2.45) is 0 Å². The molecular weight excluding hydrogens is 321 g/mol. The first-order valence-corrected chi connectivity index (χ1v) is 7.59. The van der Waals surface area contributed by atoms with Crippen molar-refractivity contribution in [3.8, 4) is 5.69 Å². The monoisotopic (exact) mass is 333 g/mol. The number of nitrogens with one attached hydrogen (secondary N) is 1. The third kappa shape index (κ3) is 3.10.